The Labute approximate surface area is 103 Å². The van der Waals surface area contributed by atoms with Crippen molar-refractivity contribution in [2.24, 2.45) is 15.3 Å². The molecule has 0 aromatic heterocycles. The molecule has 8 nitrogen and oxygen atoms in total. The van der Waals surface area contributed by atoms with E-state index in [2.05, 4.69) is 20.7 Å². The van der Waals surface area contributed by atoms with E-state index >= 15 is 0 Å². The molecule has 0 aliphatic carbocycles. The highest BCUT2D eigenvalue weighted by atomic mass is 16.7. The molecule has 2 heterocycles. The lowest BCUT2D eigenvalue weighted by atomic mass is 10.3. The van der Waals surface area contributed by atoms with Crippen molar-refractivity contribution in [3.8, 4) is 0 Å². The van der Waals surface area contributed by atoms with Gasteiger partial charge in [0.15, 0.2) is 5.84 Å². The predicted octanol–water partition coefficient (Wildman–Crippen LogP) is -0.0538. The number of nitrogens with one attached hydrogen (secondary N) is 1. The van der Waals surface area contributed by atoms with Crippen LogP contribution in [0.3, 0.4) is 0 Å². The third kappa shape index (κ3) is 2.53. The Balaban J connectivity index is 2.05. The maximum atomic E-state index is 11.5. The van der Waals surface area contributed by atoms with E-state index in [1.54, 1.807) is 6.92 Å². The van der Waals surface area contributed by atoms with Gasteiger partial charge in [-0.3, -0.25) is 5.43 Å². The lowest BCUT2D eigenvalue weighted by molar-refractivity contribution is -0.214. The molecule has 0 aromatic rings. The Morgan fingerprint density at radius 1 is 1.22 bits per heavy atom. The van der Waals surface area contributed by atoms with Gasteiger partial charge in [0, 0.05) is 26.0 Å². The SMILES string of the molecule is CC1=NN=C(NN=C2C(=O)OC(C)(C)OC2=O)C1. The summed E-state index contributed by atoms with van der Waals surface area (Å²) in [6.45, 7) is 4.73. The number of carbonyl (C=O) groups is 2. The molecule has 1 N–H and O–H groups in total. The number of nitrogens with zero attached hydrogens (tertiary/aromatic N) is 3. The number of esters is 2. The molecule has 0 saturated carbocycles. The molecule has 18 heavy (non-hydrogen) atoms. The van der Waals surface area contributed by atoms with Crippen molar-refractivity contribution >= 4 is 29.2 Å². The van der Waals surface area contributed by atoms with Crippen LogP contribution in [0, 0.1) is 0 Å². The van der Waals surface area contributed by atoms with E-state index in [9.17, 15) is 9.59 Å². The third-order valence-corrected chi connectivity index (χ3v) is 2.13. The van der Waals surface area contributed by atoms with Crippen LogP contribution in [0.15, 0.2) is 15.3 Å². The van der Waals surface area contributed by atoms with Crippen molar-refractivity contribution < 1.29 is 19.1 Å². The molecule has 1 saturated heterocycles. The van der Waals surface area contributed by atoms with Crippen LogP contribution in [0.4, 0.5) is 0 Å². The second-order valence-corrected chi connectivity index (χ2v) is 4.31. The summed E-state index contributed by atoms with van der Waals surface area (Å²) < 4.78 is 9.74. The minimum atomic E-state index is -1.27. The maximum absolute atomic E-state index is 11.5. The summed E-state index contributed by atoms with van der Waals surface area (Å²) in [4.78, 5) is 23.1. The molecule has 2 aliphatic heterocycles. The molecule has 8 heteroatoms. The average Bonchev–Trinajstić information content (AvgIpc) is 2.61. The monoisotopic (exact) mass is 252 g/mol. The number of rotatable bonds is 1. The van der Waals surface area contributed by atoms with E-state index in [-0.39, 0.29) is 0 Å². The van der Waals surface area contributed by atoms with Gasteiger partial charge in [0.05, 0.1) is 0 Å². The zero-order chi connectivity index (χ0) is 13.3. The van der Waals surface area contributed by atoms with Crippen molar-refractivity contribution in [3.63, 3.8) is 0 Å². The fourth-order valence-electron chi connectivity index (χ4n) is 1.38. The van der Waals surface area contributed by atoms with Crippen molar-refractivity contribution in [1.82, 2.24) is 5.43 Å². The topological polar surface area (TPSA) is 102 Å². The van der Waals surface area contributed by atoms with Gasteiger partial charge in [0.2, 0.25) is 0 Å². The Morgan fingerprint density at radius 2 is 1.83 bits per heavy atom. The van der Waals surface area contributed by atoms with E-state index in [0.29, 0.717) is 12.3 Å². The number of hydrogen-bond acceptors (Lipinski definition) is 8. The first kappa shape index (κ1) is 12.2. The van der Waals surface area contributed by atoms with Crippen LogP contribution in [0.1, 0.15) is 27.2 Å². The minimum absolute atomic E-state index is 0.443. The average molecular weight is 252 g/mol. The third-order valence-electron chi connectivity index (χ3n) is 2.13. The number of ether oxygens (including phenoxy) is 2. The van der Waals surface area contributed by atoms with Crippen LogP contribution >= 0.6 is 0 Å². The minimum Gasteiger partial charge on any atom is -0.418 e. The molecule has 0 atom stereocenters. The molecule has 0 amide bonds. The molecule has 96 valence electrons. The first-order valence-electron chi connectivity index (χ1n) is 5.28. The number of cyclic esters (lactones) is 2. The zero-order valence-corrected chi connectivity index (χ0v) is 10.2. The van der Waals surface area contributed by atoms with Gasteiger partial charge in [-0.1, -0.05) is 0 Å². The predicted molar refractivity (Wildman–Crippen MR) is 62.0 cm³/mol. The standard InChI is InChI=1S/C10H12N4O4/c1-5-4-6(12-11-5)13-14-7-8(15)17-10(2,3)18-9(7)16/h4H2,1-3H3,(H,12,13). The highest BCUT2D eigenvalue weighted by Crippen LogP contribution is 2.17. The number of amidine groups is 1. The van der Waals surface area contributed by atoms with Crippen LogP contribution in [0.5, 0.6) is 0 Å². The Kier molecular flexibility index (Phi) is 2.85. The van der Waals surface area contributed by atoms with E-state index < -0.39 is 23.4 Å². The quantitative estimate of drug-likeness (QED) is 0.520. The van der Waals surface area contributed by atoms with Gasteiger partial charge >= 0.3 is 11.9 Å². The van der Waals surface area contributed by atoms with Crippen LogP contribution in [-0.4, -0.2) is 35.0 Å². The fourth-order valence-corrected chi connectivity index (χ4v) is 1.38. The summed E-state index contributed by atoms with van der Waals surface area (Å²) in [5, 5.41) is 11.2. The molecular formula is C10H12N4O4. The van der Waals surface area contributed by atoms with Gasteiger partial charge < -0.3 is 9.47 Å². The van der Waals surface area contributed by atoms with E-state index in [1.807, 2.05) is 0 Å². The number of carbonyl (C=O) groups excluding carboxylic acids is 2. The summed E-state index contributed by atoms with van der Waals surface area (Å²) in [6, 6.07) is 0. The zero-order valence-electron chi connectivity index (χ0n) is 10.2. The summed E-state index contributed by atoms with van der Waals surface area (Å²) in [5.74, 6) is -2.48. The van der Waals surface area contributed by atoms with Gasteiger partial charge in [-0.2, -0.15) is 10.2 Å². The van der Waals surface area contributed by atoms with E-state index in [1.165, 1.54) is 13.8 Å². The maximum Gasteiger partial charge on any atom is 0.369 e. The number of hydrogen-bond donors (Lipinski definition) is 1. The van der Waals surface area contributed by atoms with Crippen LogP contribution in [0.2, 0.25) is 0 Å². The Bertz CT molecular complexity index is 482. The lowest BCUT2D eigenvalue weighted by Crippen LogP contribution is -2.47. The first-order chi connectivity index (χ1) is 8.37. The molecule has 0 unspecified atom stereocenters. The molecule has 0 bridgehead atoms. The fraction of sp³-hybridized carbons (Fsp3) is 0.500. The molecular weight excluding hydrogens is 240 g/mol. The molecule has 1 fully saturated rings. The van der Waals surface area contributed by atoms with Crippen molar-refractivity contribution in [2.45, 2.75) is 33.0 Å². The molecule has 0 spiro atoms. The summed E-state index contributed by atoms with van der Waals surface area (Å²) >= 11 is 0. The highest BCUT2D eigenvalue weighted by Gasteiger charge is 2.40. The first-order valence-corrected chi connectivity index (χ1v) is 5.28. The van der Waals surface area contributed by atoms with Gasteiger partial charge in [0.25, 0.3) is 11.5 Å². The Morgan fingerprint density at radius 3 is 2.33 bits per heavy atom. The second kappa shape index (κ2) is 4.21. The molecule has 0 radical (unpaired) electrons. The Hall–Kier alpha value is -2.25. The summed E-state index contributed by atoms with van der Waals surface area (Å²) in [5.41, 5.74) is 2.86. The van der Waals surface area contributed by atoms with Gasteiger partial charge in [-0.05, 0) is 6.92 Å². The van der Waals surface area contributed by atoms with Crippen molar-refractivity contribution in [2.75, 3.05) is 0 Å². The summed E-state index contributed by atoms with van der Waals surface area (Å²) in [6.07, 6.45) is 0.492. The highest BCUT2D eigenvalue weighted by molar-refractivity contribution is 6.63. The normalized spacial score (nSPS) is 21.8. The van der Waals surface area contributed by atoms with Crippen LogP contribution in [-0.2, 0) is 19.1 Å². The van der Waals surface area contributed by atoms with Crippen LogP contribution < -0.4 is 5.43 Å². The van der Waals surface area contributed by atoms with Gasteiger partial charge in [-0.15, -0.1) is 5.10 Å². The van der Waals surface area contributed by atoms with E-state index in [0.717, 1.165) is 5.71 Å². The molecule has 2 aliphatic rings. The number of hydrazone groups is 1. The van der Waals surface area contributed by atoms with Crippen molar-refractivity contribution in [1.29, 1.82) is 0 Å². The largest absolute Gasteiger partial charge is 0.418 e. The van der Waals surface area contributed by atoms with Crippen LogP contribution in [0.25, 0.3) is 0 Å². The second-order valence-electron chi connectivity index (χ2n) is 4.31. The molecule has 2 rings (SSSR count). The van der Waals surface area contributed by atoms with E-state index in [4.69, 9.17) is 9.47 Å². The molecule has 0 aromatic carbocycles. The van der Waals surface area contributed by atoms with Crippen molar-refractivity contribution in [3.05, 3.63) is 0 Å². The van der Waals surface area contributed by atoms with Gasteiger partial charge in [-0.25, -0.2) is 9.59 Å². The summed E-state index contributed by atoms with van der Waals surface area (Å²) in [7, 11) is 0. The van der Waals surface area contributed by atoms with Gasteiger partial charge in [0.1, 0.15) is 0 Å². The lowest BCUT2D eigenvalue weighted by Gasteiger charge is -2.28. The smallest absolute Gasteiger partial charge is 0.369 e.